The minimum atomic E-state index is -1.26. The molecule has 0 aliphatic heterocycles. The second-order valence-electron chi connectivity index (χ2n) is 4.80. The van der Waals surface area contributed by atoms with Gasteiger partial charge in [0.2, 0.25) is 5.91 Å². The first-order valence-corrected chi connectivity index (χ1v) is 7.78. The Morgan fingerprint density at radius 2 is 1.50 bits per heavy atom. The Morgan fingerprint density at radius 3 is 2.00 bits per heavy atom. The molecule has 0 bridgehead atoms. The SMILES string of the molecule is O=C([O-])CCC(=O)Nc1ccc(Sc2ccc([N+](=O)[O-])cc2)cc1. The molecule has 0 unspecified atom stereocenters. The van der Waals surface area contributed by atoms with E-state index in [2.05, 4.69) is 5.32 Å². The first kappa shape index (κ1) is 17.5. The molecule has 24 heavy (non-hydrogen) atoms. The maximum atomic E-state index is 11.5. The number of anilines is 1. The molecular formula is C16H13N2O5S-. The second kappa shape index (κ2) is 8.11. The van der Waals surface area contributed by atoms with Gasteiger partial charge in [0.1, 0.15) is 0 Å². The highest BCUT2D eigenvalue weighted by atomic mass is 32.2. The molecule has 0 aliphatic carbocycles. The summed E-state index contributed by atoms with van der Waals surface area (Å²) >= 11 is 1.43. The number of hydrogen-bond acceptors (Lipinski definition) is 6. The van der Waals surface area contributed by atoms with E-state index >= 15 is 0 Å². The number of nitro benzene ring substituents is 1. The van der Waals surface area contributed by atoms with Crippen molar-refractivity contribution in [1.82, 2.24) is 0 Å². The van der Waals surface area contributed by atoms with E-state index < -0.39 is 16.8 Å². The number of nitrogens with zero attached hydrogens (tertiary/aromatic N) is 1. The zero-order valence-electron chi connectivity index (χ0n) is 12.4. The maximum Gasteiger partial charge on any atom is 0.269 e. The van der Waals surface area contributed by atoms with Crippen LogP contribution in [0.5, 0.6) is 0 Å². The summed E-state index contributed by atoms with van der Waals surface area (Å²) in [4.78, 5) is 33.7. The number of carboxylic acids is 1. The van der Waals surface area contributed by atoms with Crippen molar-refractivity contribution in [1.29, 1.82) is 0 Å². The van der Waals surface area contributed by atoms with Gasteiger partial charge in [0.15, 0.2) is 0 Å². The molecule has 0 saturated heterocycles. The van der Waals surface area contributed by atoms with Crippen LogP contribution in [-0.2, 0) is 9.59 Å². The highest BCUT2D eigenvalue weighted by molar-refractivity contribution is 7.99. The normalized spacial score (nSPS) is 10.2. The molecule has 0 aromatic heterocycles. The Bertz CT molecular complexity index is 744. The van der Waals surface area contributed by atoms with E-state index in [4.69, 9.17) is 0 Å². The summed E-state index contributed by atoms with van der Waals surface area (Å²) in [6, 6.07) is 13.2. The number of nitro groups is 1. The fourth-order valence-electron chi connectivity index (χ4n) is 1.82. The van der Waals surface area contributed by atoms with E-state index in [1.807, 2.05) is 0 Å². The predicted octanol–water partition coefficient (Wildman–Crippen LogP) is 2.21. The van der Waals surface area contributed by atoms with Gasteiger partial charge in [-0.1, -0.05) is 11.8 Å². The Balaban J connectivity index is 1.93. The minimum Gasteiger partial charge on any atom is -0.550 e. The van der Waals surface area contributed by atoms with Crippen LogP contribution in [-0.4, -0.2) is 16.8 Å². The Kier molecular flexibility index (Phi) is 5.91. The fourth-order valence-corrected chi connectivity index (χ4v) is 2.63. The van der Waals surface area contributed by atoms with Crippen molar-refractivity contribution < 1.29 is 19.6 Å². The van der Waals surface area contributed by atoms with Gasteiger partial charge in [0.05, 0.1) is 4.92 Å². The van der Waals surface area contributed by atoms with Crippen molar-refractivity contribution in [3.63, 3.8) is 0 Å². The molecule has 2 rings (SSSR count). The lowest BCUT2D eigenvalue weighted by Gasteiger charge is -2.07. The third kappa shape index (κ3) is 5.40. The van der Waals surface area contributed by atoms with Crippen LogP contribution in [0.4, 0.5) is 11.4 Å². The summed E-state index contributed by atoms with van der Waals surface area (Å²) in [5, 5.41) is 23.5. The monoisotopic (exact) mass is 345 g/mol. The average molecular weight is 345 g/mol. The van der Waals surface area contributed by atoms with Crippen LogP contribution >= 0.6 is 11.8 Å². The molecule has 0 saturated carbocycles. The van der Waals surface area contributed by atoms with Gasteiger partial charge in [-0.15, -0.1) is 0 Å². The zero-order valence-corrected chi connectivity index (χ0v) is 13.2. The molecule has 1 N–H and O–H groups in total. The molecule has 0 spiro atoms. The number of carbonyl (C=O) groups is 2. The molecule has 1 amide bonds. The van der Waals surface area contributed by atoms with Gasteiger partial charge in [0.25, 0.3) is 5.69 Å². The molecule has 2 aromatic rings. The van der Waals surface area contributed by atoms with Crippen molar-refractivity contribution in [2.75, 3.05) is 5.32 Å². The summed E-state index contributed by atoms with van der Waals surface area (Å²) < 4.78 is 0. The Morgan fingerprint density at radius 1 is 0.958 bits per heavy atom. The predicted molar refractivity (Wildman–Crippen MR) is 86.5 cm³/mol. The molecule has 0 aliphatic rings. The lowest BCUT2D eigenvalue weighted by atomic mass is 10.2. The van der Waals surface area contributed by atoms with E-state index in [0.717, 1.165) is 9.79 Å². The van der Waals surface area contributed by atoms with E-state index in [1.165, 1.54) is 23.9 Å². The van der Waals surface area contributed by atoms with E-state index in [9.17, 15) is 24.8 Å². The van der Waals surface area contributed by atoms with E-state index in [0.29, 0.717) is 5.69 Å². The topological polar surface area (TPSA) is 112 Å². The fraction of sp³-hybridized carbons (Fsp3) is 0.125. The average Bonchev–Trinajstić information content (AvgIpc) is 2.55. The van der Waals surface area contributed by atoms with Crippen LogP contribution in [0.1, 0.15) is 12.8 Å². The van der Waals surface area contributed by atoms with Crippen molar-refractivity contribution in [2.45, 2.75) is 22.6 Å². The quantitative estimate of drug-likeness (QED) is 0.608. The molecule has 0 radical (unpaired) electrons. The molecule has 0 fully saturated rings. The van der Waals surface area contributed by atoms with Gasteiger partial charge in [0, 0.05) is 40.0 Å². The lowest BCUT2D eigenvalue weighted by molar-refractivity contribution is -0.384. The number of hydrogen-bond donors (Lipinski definition) is 1. The van der Waals surface area contributed by atoms with Crippen molar-refractivity contribution >= 4 is 35.0 Å². The van der Waals surface area contributed by atoms with Gasteiger partial charge < -0.3 is 15.2 Å². The van der Waals surface area contributed by atoms with Crippen molar-refractivity contribution in [2.24, 2.45) is 0 Å². The van der Waals surface area contributed by atoms with Gasteiger partial charge in [-0.3, -0.25) is 14.9 Å². The van der Waals surface area contributed by atoms with Crippen molar-refractivity contribution in [3.05, 3.63) is 58.6 Å². The van der Waals surface area contributed by atoms with E-state index in [-0.39, 0.29) is 18.5 Å². The molecule has 7 nitrogen and oxygen atoms in total. The molecule has 0 heterocycles. The largest absolute Gasteiger partial charge is 0.550 e. The zero-order chi connectivity index (χ0) is 17.5. The summed E-state index contributed by atoms with van der Waals surface area (Å²) in [6.07, 6.45) is -0.457. The summed E-state index contributed by atoms with van der Waals surface area (Å²) in [5.74, 6) is -1.66. The van der Waals surface area contributed by atoms with E-state index in [1.54, 1.807) is 36.4 Å². The van der Waals surface area contributed by atoms with Crippen LogP contribution in [0, 0.1) is 10.1 Å². The van der Waals surface area contributed by atoms with Gasteiger partial charge in [-0.25, -0.2) is 0 Å². The maximum absolute atomic E-state index is 11.5. The Hall–Kier alpha value is -2.87. The Labute approximate surface area is 141 Å². The first-order chi connectivity index (χ1) is 11.4. The van der Waals surface area contributed by atoms with Gasteiger partial charge in [-0.05, 0) is 42.8 Å². The van der Waals surface area contributed by atoms with Gasteiger partial charge in [-0.2, -0.15) is 0 Å². The molecular weight excluding hydrogens is 332 g/mol. The number of rotatable bonds is 7. The number of benzene rings is 2. The van der Waals surface area contributed by atoms with Crippen LogP contribution < -0.4 is 10.4 Å². The molecule has 0 atom stereocenters. The smallest absolute Gasteiger partial charge is 0.269 e. The second-order valence-corrected chi connectivity index (χ2v) is 5.94. The number of non-ortho nitro benzene ring substituents is 1. The van der Waals surface area contributed by atoms with Crippen LogP contribution in [0.2, 0.25) is 0 Å². The summed E-state index contributed by atoms with van der Waals surface area (Å²) in [7, 11) is 0. The number of carboxylic acid groups (broad SMARTS) is 1. The number of nitrogens with one attached hydrogen (secondary N) is 1. The molecule has 8 heteroatoms. The molecule has 2 aromatic carbocycles. The number of aliphatic carboxylic acids is 1. The number of carbonyl (C=O) groups excluding carboxylic acids is 2. The first-order valence-electron chi connectivity index (χ1n) is 6.96. The van der Waals surface area contributed by atoms with Crippen LogP contribution in [0.15, 0.2) is 58.3 Å². The van der Waals surface area contributed by atoms with Crippen LogP contribution in [0.25, 0.3) is 0 Å². The number of amides is 1. The van der Waals surface area contributed by atoms with Crippen LogP contribution in [0.3, 0.4) is 0 Å². The summed E-state index contributed by atoms with van der Waals surface area (Å²) in [5.41, 5.74) is 0.598. The minimum absolute atomic E-state index is 0.0361. The third-order valence-electron chi connectivity index (χ3n) is 2.98. The highest BCUT2D eigenvalue weighted by Crippen LogP contribution is 2.29. The van der Waals surface area contributed by atoms with Gasteiger partial charge >= 0.3 is 0 Å². The highest BCUT2D eigenvalue weighted by Gasteiger charge is 2.06. The standard InChI is InChI=1S/C16H14N2O5S/c19-15(9-10-16(20)21)17-11-1-5-13(6-2-11)24-14-7-3-12(4-8-14)18(22)23/h1-8H,9-10H2,(H,17,19)(H,20,21)/p-1. The third-order valence-corrected chi connectivity index (χ3v) is 3.99. The lowest BCUT2D eigenvalue weighted by Crippen LogP contribution is -2.24. The summed E-state index contributed by atoms with van der Waals surface area (Å²) in [6.45, 7) is 0. The van der Waals surface area contributed by atoms with Crippen molar-refractivity contribution in [3.8, 4) is 0 Å². The molecule has 124 valence electrons.